The zero-order valence-electron chi connectivity index (χ0n) is 20.5. The summed E-state index contributed by atoms with van der Waals surface area (Å²) >= 11 is 14.5. The minimum atomic E-state index is -0.354. The largest absolute Gasteiger partial charge is 0.493 e. The Bertz CT molecular complexity index is 1480. The lowest BCUT2D eigenvalue weighted by molar-refractivity contribution is -0.127. The van der Waals surface area contributed by atoms with Crippen molar-refractivity contribution in [3.63, 3.8) is 0 Å². The Labute approximate surface area is 238 Å². The lowest BCUT2D eigenvalue weighted by atomic mass is 10.1. The van der Waals surface area contributed by atoms with Gasteiger partial charge in [-0.15, -0.1) is 0 Å². The number of para-hydroxylation sites is 1. The molecule has 0 saturated carbocycles. The van der Waals surface area contributed by atoms with Crippen LogP contribution in [-0.2, 0) is 9.59 Å². The van der Waals surface area contributed by atoms with E-state index in [1.165, 1.54) is 26.2 Å². The van der Waals surface area contributed by atoms with Crippen LogP contribution in [0.2, 0.25) is 5.02 Å². The number of benzene rings is 3. The van der Waals surface area contributed by atoms with Crippen LogP contribution in [0.4, 0.5) is 11.4 Å². The number of thioether (sulfide) groups is 1. The summed E-state index contributed by atoms with van der Waals surface area (Å²) in [6, 6.07) is 16.5. The number of hydrogen-bond donors (Lipinski definition) is 0. The summed E-state index contributed by atoms with van der Waals surface area (Å²) in [6.45, 7) is -0.220. The third-order valence-corrected chi connectivity index (χ3v) is 8.63. The highest BCUT2D eigenvalue weighted by Crippen LogP contribution is 2.49. The number of halogens is 1. The Hall–Kier alpha value is -3.18. The van der Waals surface area contributed by atoms with Crippen molar-refractivity contribution < 1.29 is 23.8 Å². The fraction of sp³-hybridized carbons (Fsp3) is 0.148. The monoisotopic (exact) mass is 584 g/mol. The van der Waals surface area contributed by atoms with E-state index in [0.717, 1.165) is 27.2 Å². The second kappa shape index (κ2) is 10.9. The predicted molar refractivity (Wildman–Crippen MR) is 155 cm³/mol. The van der Waals surface area contributed by atoms with Crippen LogP contribution in [0.3, 0.4) is 0 Å². The summed E-state index contributed by atoms with van der Waals surface area (Å²) in [5.74, 6) is 0.718. The number of carbonyl (C=O) groups is 2. The van der Waals surface area contributed by atoms with E-state index in [2.05, 4.69) is 0 Å². The highest BCUT2D eigenvalue weighted by Gasteiger charge is 2.36. The van der Waals surface area contributed by atoms with Crippen molar-refractivity contribution in [2.24, 2.45) is 0 Å². The molecule has 2 aliphatic heterocycles. The Morgan fingerprint density at radius 2 is 1.63 bits per heavy atom. The molecule has 0 spiro atoms. The van der Waals surface area contributed by atoms with Crippen molar-refractivity contribution >= 4 is 80.9 Å². The molecule has 38 heavy (non-hydrogen) atoms. The molecule has 5 rings (SSSR count). The third-order valence-electron chi connectivity index (χ3n) is 5.89. The number of rotatable bonds is 6. The van der Waals surface area contributed by atoms with Crippen molar-refractivity contribution in [3.05, 3.63) is 70.1 Å². The van der Waals surface area contributed by atoms with Gasteiger partial charge in [-0.05, 0) is 54.1 Å². The normalized spacial score (nSPS) is 15.4. The molecule has 1 fully saturated rings. The minimum Gasteiger partial charge on any atom is -0.493 e. The van der Waals surface area contributed by atoms with Crippen LogP contribution >= 0.6 is 47.3 Å². The van der Waals surface area contributed by atoms with E-state index < -0.39 is 0 Å². The van der Waals surface area contributed by atoms with Crippen LogP contribution in [0.1, 0.15) is 5.56 Å². The molecular formula is C27H21ClN2O5S3. The summed E-state index contributed by atoms with van der Waals surface area (Å²) in [5, 5.41) is 0.514. The number of hydrogen-bond acceptors (Lipinski definition) is 8. The Morgan fingerprint density at radius 1 is 0.947 bits per heavy atom. The molecule has 2 heterocycles. The van der Waals surface area contributed by atoms with E-state index in [0.29, 0.717) is 42.7 Å². The summed E-state index contributed by atoms with van der Waals surface area (Å²) < 4.78 is 16.5. The molecule has 0 aliphatic carbocycles. The minimum absolute atomic E-state index is 0.220. The van der Waals surface area contributed by atoms with E-state index >= 15 is 0 Å². The molecule has 3 aromatic rings. The summed E-state index contributed by atoms with van der Waals surface area (Å²) in [5.41, 5.74) is 2.07. The SMILES string of the molecule is COc1cc(/C=C2\SC(=S)N(CC(=O)N3c4ccccc4Sc4ccc(Cl)cc43)C2=O)cc(OC)c1OC. The summed E-state index contributed by atoms with van der Waals surface area (Å²) in [7, 11) is 4.57. The van der Waals surface area contributed by atoms with Gasteiger partial charge in [0.05, 0.1) is 37.6 Å². The number of carbonyl (C=O) groups excluding carboxylic acids is 2. The average molecular weight is 585 g/mol. The molecule has 7 nitrogen and oxygen atoms in total. The molecule has 194 valence electrons. The lowest BCUT2D eigenvalue weighted by Gasteiger charge is -2.32. The molecule has 0 bridgehead atoms. The van der Waals surface area contributed by atoms with Gasteiger partial charge in [0.15, 0.2) is 11.5 Å². The maximum Gasteiger partial charge on any atom is 0.266 e. The maximum absolute atomic E-state index is 13.7. The van der Waals surface area contributed by atoms with Gasteiger partial charge in [0, 0.05) is 14.8 Å². The summed E-state index contributed by atoms with van der Waals surface area (Å²) in [4.78, 5) is 32.3. The van der Waals surface area contributed by atoms with Crippen LogP contribution in [0.15, 0.2) is 69.3 Å². The van der Waals surface area contributed by atoms with Gasteiger partial charge in [0.25, 0.3) is 11.8 Å². The zero-order valence-corrected chi connectivity index (χ0v) is 23.7. The van der Waals surface area contributed by atoms with Gasteiger partial charge < -0.3 is 14.2 Å². The number of fused-ring (bicyclic) bond motifs is 2. The van der Waals surface area contributed by atoms with E-state index in [4.69, 9.17) is 38.0 Å². The standard InChI is InChI=1S/C27H21ClN2O5S3/c1-33-19-10-15(11-20(34-2)25(19)35-3)12-23-26(32)29(27(36)38-23)14-24(31)30-17-6-4-5-7-21(17)37-22-9-8-16(28)13-18(22)30/h4-13H,14H2,1-3H3/b23-12-. The van der Waals surface area contributed by atoms with Crippen molar-refractivity contribution in [2.75, 3.05) is 32.8 Å². The summed E-state index contributed by atoms with van der Waals surface area (Å²) in [6.07, 6.45) is 1.69. The first-order valence-corrected chi connectivity index (χ1v) is 13.7. The number of nitrogens with zero attached hydrogens (tertiary/aromatic N) is 2. The van der Waals surface area contributed by atoms with Crippen molar-refractivity contribution in [1.29, 1.82) is 0 Å². The van der Waals surface area contributed by atoms with E-state index in [1.807, 2.05) is 30.3 Å². The highest BCUT2D eigenvalue weighted by atomic mass is 35.5. The first-order valence-electron chi connectivity index (χ1n) is 11.3. The molecule has 2 aliphatic rings. The third kappa shape index (κ3) is 4.84. The molecule has 3 aromatic carbocycles. The molecule has 1 saturated heterocycles. The molecule has 0 atom stereocenters. The van der Waals surface area contributed by atoms with Gasteiger partial charge in [-0.2, -0.15) is 0 Å². The van der Waals surface area contributed by atoms with Crippen LogP contribution in [0.25, 0.3) is 6.08 Å². The predicted octanol–water partition coefficient (Wildman–Crippen LogP) is 6.40. The van der Waals surface area contributed by atoms with Gasteiger partial charge in [-0.25, -0.2) is 0 Å². The first kappa shape index (κ1) is 26.4. The molecule has 0 unspecified atom stereocenters. The Morgan fingerprint density at radius 3 is 2.32 bits per heavy atom. The van der Waals surface area contributed by atoms with Crippen LogP contribution in [0, 0.1) is 0 Å². The molecule has 2 amide bonds. The molecule has 0 aromatic heterocycles. The Balaban J connectivity index is 1.44. The van der Waals surface area contributed by atoms with Crippen LogP contribution in [0.5, 0.6) is 17.2 Å². The molecule has 11 heteroatoms. The Kier molecular flexibility index (Phi) is 7.58. The number of ether oxygens (including phenoxy) is 3. The number of amides is 2. The molecule has 0 N–H and O–H groups in total. The van der Waals surface area contributed by atoms with Crippen molar-refractivity contribution in [1.82, 2.24) is 4.90 Å². The van der Waals surface area contributed by atoms with Crippen molar-refractivity contribution in [3.8, 4) is 17.2 Å². The van der Waals surface area contributed by atoms with Gasteiger partial charge in [-0.3, -0.25) is 19.4 Å². The van der Waals surface area contributed by atoms with Gasteiger partial charge in [-0.1, -0.05) is 59.5 Å². The molecular weight excluding hydrogens is 564 g/mol. The van der Waals surface area contributed by atoms with Gasteiger partial charge in [0.2, 0.25) is 5.75 Å². The zero-order chi connectivity index (χ0) is 27.0. The maximum atomic E-state index is 13.7. The highest BCUT2D eigenvalue weighted by molar-refractivity contribution is 8.26. The van der Waals surface area contributed by atoms with E-state index in [1.54, 1.807) is 47.0 Å². The van der Waals surface area contributed by atoms with Crippen molar-refractivity contribution in [2.45, 2.75) is 9.79 Å². The van der Waals surface area contributed by atoms with Crippen LogP contribution in [-0.4, -0.2) is 48.9 Å². The smallest absolute Gasteiger partial charge is 0.266 e. The number of thiocarbonyl (C=S) groups is 1. The van der Waals surface area contributed by atoms with Crippen LogP contribution < -0.4 is 19.1 Å². The van der Waals surface area contributed by atoms with E-state index in [9.17, 15) is 9.59 Å². The van der Waals surface area contributed by atoms with Gasteiger partial charge in [0.1, 0.15) is 10.9 Å². The second-order valence-electron chi connectivity index (χ2n) is 8.14. The lowest BCUT2D eigenvalue weighted by Crippen LogP contribution is -2.41. The topological polar surface area (TPSA) is 68.3 Å². The fourth-order valence-corrected chi connectivity index (χ4v) is 6.63. The first-order chi connectivity index (χ1) is 18.3. The fourth-order valence-electron chi connectivity index (χ4n) is 4.18. The van der Waals surface area contributed by atoms with Gasteiger partial charge >= 0.3 is 0 Å². The second-order valence-corrected chi connectivity index (χ2v) is 11.3. The quantitative estimate of drug-likeness (QED) is 0.244. The van der Waals surface area contributed by atoms with E-state index in [-0.39, 0.29) is 18.4 Å². The average Bonchev–Trinajstić information content (AvgIpc) is 3.18. The number of methoxy groups -OCH3 is 3. The molecule has 0 radical (unpaired) electrons. The number of anilines is 2.